The molecule has 0 spiro atoms. The number of aryl methyl sites for hydroxylation is 1. The fourth-order valence-electron chi connectivity index (χ4n) is 2.47. The molecular formula is C14H14ClN3O. The maximum absolute atomic E-state index is 12.6. The lowest BCUT2D eigenvalue weighted by atomic mass is 10.0. The van der Waals surface area contributed by atoms with Gasteiger partial charge in [-0.1, -0.05) is 29.8 Å². The predicted octanol–water partition coefficient (Wildman–Crippen LogP) is 2.78. The summed E-state index contributed by atoms with van der Waals surface area (Å²) in [5.41, 5.74) is 2.69. The van der Waals surface area contributed by atoms with E-state index >= 15 is 0 Å². The number of aromatic nitrogens is 2. The third-order valence-electron chi connectivity index (χ3n) is 3.42. The average Bonchev–Trinajstić information content (AvgIpc) is 3.01. The Hall–Kier alpha value is -1.81. The van der Waals surface area contributed by atoms with Crippen LogP contribution in [0.3, 0.4) is 0 Å². The van der Waals surface area contributed by atoms with Gasteiger partial charge in [0.2, 0.25) is 5.78 Å². The van der Waals surface area contributed by atoms with Crippen LogP contribution in [-0.2, 0) is 13.0 Å². The summed E-state index contributed by atoms with van der Waals surface area (Å²) in [7, 11) is 0. The van der Waals surface area contributed by atoms with E-state index in [1.54, 1.807) is 4.68 Å². The number of halogens is 1. The smallest absolute Gasteiger partial charge is 0.204 e. The number of benzene rings is 1. The van der Waals surface area contributed by atoms with E-state index in [4.69, 9.17) is 11.6 Å². The minimum atomic E-state index is -0.253. The van der Waals surface area contributed by atoms with Gasteiger partial charge in [0.1, 0.15) is 5.69 Å². The lowest BCUT2D eigenvalue weighted by Gasteiger charge is -2.11. The SMILES string of the molecule is CCn1ncc(Cl)c1C(=O)C1Cc2ccccc2N1. The zero-order valence-corrected chi connectivity index (χ0v) is 11.3. The van der Waals surface area contributed by atoms with Crippen molar-refractivity contribution in [3.8, 4) is 0 Å². The lowest BCUT2D eigenvalue weighted by molar-refractivity contribution is 0.0961. The molecule has 0 radical (unpaired) electrons. The molecule has 0 saturated heterocycles. The van der Waals surface area contributed by atoms with Crippen LogP contribution in [0.1, 0.15) is 23.0 Å². The predicted molar refractivity (Wildman–Crippen MR) is 74.8 cm³/mol. The van der Waals surface area contributed by atoms with Gasteiger partial charge in [-0.05, 0) is 18.6 Å². The zero-order chi connectivity index (χ0) is 13.4. The van der Waals surface area contributed by atoms with Crippen molar-refractivity contribution in [1.29, 1.82) is 0 Å². The number of fused-ring (bicyclic) bond motifs is 1. The van der Waals surface area contributed by atoms with Gasteiger partial charge in [0.05, 0.1) is 17.3 Å². The fourth-order valence-corrected chi connectivity index (χ4v) is 2.70. The van der Waals surface area contributed by atoms with E-state index in [0.717, 1.165) is 5.69 Å². The first kappa shape index (κ1) is 12.2. The molecule has 3 rings (SSSR count). The fraction of sp³-hybridized carbons (Fsp3) is 0.286. The first-order valence-corrected chi connectivity index (χ1v) is 6.68. The van der Waals surface area contributed by atoms with E-state index in [9.17, 15) is 4.79 Å². The Kier molecular flexibility index (Phi) is 3.03. The molecular weight excluding hydrogens is 262 g/mol. The summed E-state index contributed by atoms with van der Waals surface area (Å²) >= 11 is 6.08. The molecule has 0 bridgehead atoms. The van der Waals surface area contributed by atoms with Crippen molar-refractivity contribution in [2.45, 2.75) is 25.9 Å². The molecule has 0 fully saturated rings. The summed E-state index contributed by atoms with van der Waals surface area (Å²) in [5.74, 6) is 0.000509. The van der Waals surface area contributed by atoms with Crippen LogP contribution in [0.2, 0.25) is 5.02 Å². The number of hydrogen-bond donors (Lipinski definition) is 1. The summed E-state index contributed by atoms with van der Waals surface area (Å²) in [5, 5.41) is 7.78. The van der Waals surface area contributed by atoms with E-state index in [1.807, 2.05) is 31.2 Å². The molecule has 1 atom stereocenters. The molecule has 5 heteroatoms. The van der Waals surface area contributed by atoms with E-state index in [0.29, 0.717) is 23.7 Å². The average molecular weight is 276 g/mol. The Bertz CT molecular complexity index is 610. The standard InChI is InChI=1S/C14H14ClN3O/c1-2-18-13(10(15)8-16-18)14(19)12-7-9-5-3-4-6-11(9)17-12/h3-6,8,12,17H,2,7H2,1H3. The maximum atomic E-state index is 12.6. The Balaban J connectivity index is 1.89. The molecule has 0 amide bonds. The minimum Gasteiger partial charge on any atom is -0.374 e. The number of ketones is 1. The number of hydrogen-bond acceptors (Lipinski definition) is 3. The van der Waals surface area contributed by atoms with Crippen molar-refractivity contribution in [2.75, 3.05) is 5.32 Å². The number of Topliss-reactive ketones (excluding diaryl/α,β-unsaturated/α-hetero) is 1. The van der Waals surface area contributed by atoms with Crippen molar-refractivity contribution in [1.82, 2.24) is 9.78 Å². The van der Waals surface area contributed by atoms with Crippen LogP contribution in [0.25, 0.3) is 0 Å². The normalized spacial score (nSPS) is 17.1. The van der Waals surface area contributed by atoms with Gasteiger partial charge < -0.3 is 5.32 Å². The van der Waals surface area contributed by atoms with Crippen molar-refractivity contribution in [2.24, 2.45) is 0 Å². The van der Waals surface area contributed by atoms with Crippen LogP contribution in [0.5, 0.6) is 0 Å². The Labute approximate surface area is 116 Å². The number of nitrogens with zero attached hydrogens (tertiary/aromatic N) is 2. The number of rotatable bonds is 3. The molecule has 1 unspecified atom stereocenters. The number of anilines is 1. The number of carbonyl (C=O) groups is 1. The Morgan fingerprint density at radius 3 is 3.05 bits per heavy atom. The molecule has 1 aromatic carbocycles. The van der Waals surface area contributed by atoms with Crippen molar-refractivity contribution in [3.05, 3.63) is 46.7 Å². The first-order valence-electron chi connectivity index (χ1n) is 6.30. The second kappa shape index (κ2) is 4.70. The largest absolute Gasteiger partial charge is 0.374 e. The molecule has 19 heavy (non-hydrogen) atoms. The van der Waals surface area contributed by atoms with Crippen molar-refractivity contribution >= 4 is 23.1 Å². The molecule has 4 nitrogen and oxygen atoms in total. The Morgan fingerprint density at radius 1 is 1.53 bits per heavy atom. The number of para-hydroxylation sites is 1. The van der Waals surface area contributed by atoms with Gasteiger partial charge in [0.15, 0.2) is 0 Å². The third kappa shape index (κ3) is 2.02. The molecule has 1 aromatic heterocycles. The highest BCUT2D eigenvalue weighted by Gasteiger charge is 2.30. The first-order chi connectivity index (χ1) is 9.20. The van der Waals surface area contributed by atoms with Crippen molar-refractivity contribution < 1.29 is 4.79 Å². The number of nitrogens with one attached hydrogen (secondary N) is 1. The van der Waals surface area contributed by atoms with Gasteiger partial charge in [-0.15, -0.1) is 0 Å². The summed E-state index contributed by atoms with van der Waals surface area (Å²) in [4.78, 5) is 12.6. The van der Waals surface area contributed by atoms with Gasteiger partial charge in [-0.25, -0.2) is 0 Å². The van der Waals surface area contributed by atoms with Crippen LogP contribution < -0.4 is 5.32 Å². The van der Waals surface area contributed by atoms with E-state index in [2.05, 4.69) is 10.4 Å². The van der Waals surface area contributed by atoms with Crippen LogP contribution in [0.15, 0.2) is 30.5 Å². The highest BCUT2D eigenvalue weighted by molar-refractivity contribution is 6.34. The lowest BCUT2D eigenvalue weighted by Crippen LogP contribution is -2.29. The zero-order valence-electron chi connectivity index (χ0n) is 10.6. The molecule has 1 aliphatic rings. The highest BCUT2D eigenvalue weighted by atomic mass is 35.5. The second-order valence-corrected chi connectivity index (χ2v) is 4.99. The summed E-state index contributed by atoms with van der Waals surface area (Å²) < 4.78 is 1.65. The minimum absolute atomic E-state index is 0.000509. The van der Waals surface area contributed by atoms with Crippen LogP contribution >= 0.6 is 11.6 Å². The van der Waals surface area contributed by atoms with Gasteiger partial charge in [0.25, 0.3) is 0 Å². The van der Waals surface area contributed by atoms with Gasteiger partial charge >= 0.3 is 0 Å². The molecule has 2 aromatic rings. The Morgan fingerprint density at radius 2 is 2.32 bits per heavy atom. The van der Waals surface area contributed by atoms with E-state index in [-0.39, 0.29) is 11.8 Å². The van der Waals surface area contributed by atoms with Gasteiger partial charge in [0, 0.05) is 18.7 Å². The topological polar surface area (TPSA) is 46.9 Å². The molecule has 2 heterocycles. The molecule has 0 saturated carbocycles. The quantitative estimate of drug-likeness (QED) is 0.876. The van der Waals surface area contributed by atoms with Crippen LogP contribution in [0.4, 0.5) is 5.69 Å². The molecule has 98 valence electrons. The van der Waals surface area contributed by atoms with Crippen molar-refractivity contribution in [3.63, 3.8) is 0 Å². The van der Waals surface area contributed by atoms with Gasteiger partial charge in [-0.3, -0.25) is 9.48 Å². The summed E-state index contributed by atoms with van der Waals surface area (Å²) in [6, 6.07) is 7.71. The summed E-state index contributed by atoms with van der Waals surface area (Å²) in [6.45, 7) is 2.57. The van der Waals surface area contributed by atoms with Crippen LogP contribution in [-0.4, -0.2) is 21.6 Å². The second-order valence-electron chi connectivity index (χ2n) is 4.58. The third-order valence-corrected chi connectivity index (χ3v) is 3.69. The monoisotopic (exact) mass is 275 g/mol. The summed E-state index contributed by atoms with van der Waals surface area (Å²) in [6.07, 6.45) is 2.22. The molecule has 1 aliphatic heterocycles. The molecule has 0 aliphatic carbocycles. The highest BCUT2D eigenvalue weighted by Crippen LogP contribution is 2.28. The van der Waals surface area contributed by atoms with Gasteiger partial charge in [-0.2, -0.15) is 5.10 Å². The van der Waals surface area contributed by atoms with E-state index in [1.165, 1.54) is 11.8 Å². The number of carbonyl (C=O) groups excluding carboxylic acids is 1. The van der Waals surface area contributed by atoms with E-state index < -0.39 is 0 Å². The maximum Gasteiger partial charge on any atom is 0.204 e. The van der Waals surface area contributed by atoms with Crippen LogP contribution in [0, 0.1) is 0 Å². The molecule has 1 N–H and O–H groups in total.